The summed E-state index contributed by atoms with van der Waals surface area (Å²) in [6, 6.07) is 0. The largest absolute Gasteiger partial charge is 0.292 e. The number of nitrogens with zero attached hydrogens (tertiary/aromatic N) is 3. The molecule has 0 aromatic carbocycles. The maximum absolute atomic E-state index is 12.7. The fraction of sp³-hybridized carbons (Fsp3) is 0.667. The van der Waals surface area contributed by atoms with Crippen LogP contribution in [0.3, 0.4) is 0 Å². The summed E-state index contributed by atoms with van der Waals surface area (Å²) in [5.41, 5.74) is 2.29. The third-order valence-corrected chi connectivity index (χ3v) is 5.50. The summed E-state index contributed by atoms with van der Waals surface area (Å²) in [6.07, 6.45) is 7.13. The van der Waals surface area contributed by atoms with Gasteiger partial charge in [-0.2, -0.15) is 4.31 Å². The van der Waals surface area contributed by atoms with Crippen LogP contribution in [0.4, 0.5) is 5.95 Å². The molecule has 8 heteroatoms. The zero-order chi connectivity index (χ0) is 14.2. The Morgan fingerprint density at radius 2 is 1.65 bits per heavy atom. The molecule has 2 fully saturated rings. The van der Waals surface area contributed by atoms with Gasteiger partial charge in [0.1, 0.15) is 4.90 Å². The molecule has 7 nitrogen and oxygen atoms in total. The molecule has 0 unspecified atom stereocenters. The van der Waals surface area contributed by atoms with Gasteiger partial charge < -0.3 is 0 Å². The number of hydrogen-bond donors (Lipinski definition) is 2. The Hall–Kier alpha value is -1.25. The second kappa shape index (κ2) is 5.27. The lowest BCUT2D eigenvalue weighted by Gasteiger charge is -2.21. The highest BCUT2D eigenvalue weighted by Gasteiger charge is 2.35. The van der Waals surface area contributed by atoms with Gasteiger partial charge in [-0.1, -0.05) is 0 Å². The van der Waals surface area contributed by atoms with Crippen LogP contribution in [0.5, 0.6) is 0 Å². The first-order valence-corrected chi connectivity index (χ1v) is 8.32. The van der Waals surface area contributed by atoms with E-state index in [0.29, 0.717) is 24.9 Å². The van der Waals surface area contributed by atoms with Gasteiger partial charge in [0.15, 0.2) is 0 Å². The van der Waals surface area contributed by atoms with Crippen LogP contribution >= 0.6 is 0 Å². The lowest BCUT2D eigenvalue weighted by atomic mass is 10.4. The van der Waals surface area contributed by atoms with E-state index in [9.17, 15) is 8.42 Å². The second-order valence-electron chi connectivity index (χ2n) is 5.60. The topological polar surface area (TPSA) is 101 Å². The van der Waals surface area contributed by atoms with E-state index in [4.69, 9.17) is 5.84 Å². The number of hydrogen-bond acceptors (Lipinski definition) is 6. The minimum atomic E-state index is -3.50. The Morgan fingerprint density at radius 1 is 1.15 bits per heavy atom. The number of rotatable bonds is 7. The maximum atomic E-state index is 12.7. The van der Waals surface area contributed by atoms with Crippen LogP contribution in [-0.4, -0.2) is 35.8 Å². The van der Waals surface area contributed by atoms with Gasteiger partial charge in [0.05, 0.1) is 12.4 Å². The van der Waals surface area contributed by atoms with Gasteiger partial charge in [0.25, 0.3) is 0 Å². The van der Waals surface area contributed by atoms with Crippen molar-refractivity contribution in [3.8, 4) is 0 Å². The number of anilines is 1. The average Bonchev–Trinajstić information content (AvgIpc) is 3.33. The predicted octanol–water partition coefficient (Wildman–Crippen LogP) is 0.573. The van der Waals surface area contributed by atoms with Gasteiger partial charge in [0, 0.05) is 13.1 Å². The van der Waals surface area contributed by atoms with E-state index in [1.54, 1.807) is 4.31 Å². The van der Waals surface area contributed by atoms with Crippen LogP contribution in [0.15, 0.2) is 17.3 Å². The van der Waals surface area contributed by atoms with E-state index in [1.165, 1.54) is 12.4 Å². The number of aromatic nitrogens is 2. The number of sulfonamides is 1. The first kappa shape index (κ1) is 13.7. The normalized spacial score (nSPS) is 19.3. The third kappa shape index (κ3) is 3.08. The zero-order valence-corrected chi connectivity index (χ0v) is 12.0. The molecule has 2 aliphatic rings. The molecule has 0 atom stereocenters. The number of nitrogens with one attached hydrogen (secondary N) is 1. The van der Waals surface area contributed by atoms with E-state index in [0.717, 1.165) is 25.7 Å². The van der Waals surface area contributed by atoms with Crippen LogP contribution in [0.25, 0.3) is 0 Å². The molecular formula is C12H19N5O2S. The fourth-order valence-corrected chi connectivity index (χ4v) is 3.60. The minimum absolute atomic E-state index is 0.137. The quantitative estimate of drug-likeness (QED) is 0.564. The summed E-state index contributed by atoms with van der Waals surface area (Å²) in [4.78, 5) is 7.90. The summed E-state index contributed by atoms with van der Waals surface area (Å²) in [5.74, 6) is 6.44. The average molecular weight is 297 g/mol. The van der Waals surface area contributed by atoms with Crippen LogP contribution in [0.2, 0.25) is 0 Å². The van der Waals surface area contributed by atoms with Crippen molar-refractivity contribution in [3.63, 3.8) is 0 Å². The standard InChI is InChI=1S/C12H19N5O2S/c13-16-12-14-5-11(6-15-12)20(18,19)17(7-9-1-2-9)8-10-3-4-10/h5-6,9-10H,1-4,7-8,13H2,(H,14,15,16). The smallest absolute Gasteiger partial charge is 0.246 e. The van der Waals surface area contributed by atoms with E-state index in [-0.39, 0.29) is 10.8 Å². The molecule has 20 heavy (non-hydrogen) atoms. The van der Waals surface area contributed by atoms with Gasteiger partial charge in [-0.05, 0) is 37.5 Å². The highest BCUT2D eigenvalue weighted by atomic mass is 32.2. The number of nitrogens with two attached hydrogens (primary N) is 1. The summed E-state index contributed by atoms with van der Waals surface area (Å²) >= 11 is 0. The number of nitrogen functional groups attached to an aromatic ring is 1. The molecule has 0 amide bonds. The Balaban J connectivity index is 1.81. The van der Waals surface area contributed by atoms with Crippen molar-refractivity contribution in [1.82, 2.24) is 14.3 Å². The molecule has 0 aliphatic heterocycles. The molecule has 110 valence electrons. The molecule has 2 saturated carbocycles. The molecule has 1 aromatic heterocycles. The van der Waals surface area contributed by atoms with Crippen molar-refractivity contribution < 1.29 is 8.42 Å². The van der Waals surface area contributed by atoms with Crippen molar-refractivity contribution in [2.24, 2.45) is 17.7 Å². The van der Waals surface area contributed by atoms with Crippen molar-refractivity contribution in [2.45, 2.75) is 30.6 Å². The molecule has 0 radical (unpaired) electrons. The molecule has 3 N–H and O–H groups in total. The van der Waals surface area contributed by atoms with Crippen LogP contribution in [-0.2, 0) is 10.0 Å². The summed E-state index contributed by atoms with van der Waals surface area (Å²) in [5, 5.41) is 0. The highest BCUT2D eigenvalue weighted by molar-refractivity contribution is 7.89. The Kier molecular flexibility index (Phi) is 3.61. The van der Waals surface area contributed by atoms with Gasteiger partial charge in [-0.25, -0.2) is 24.2 Å². The highest BCUT2D eigenvalue weighted by Crippen LogP contribution is 2.35. The summed E-state index contributed by atoms with van der Waals surface area (Å²) in [7, 11) is -3.50. The van der Waals surface area contributed by atoms with Crippen LogP contribution < -0.4 is 11.3 Å². The van der Waals surface area contributed by atoms with Crippen LogP contribution in [0, 0.1) is 11.8 Å². The van der Waals surface area contributed by atoms with Crippen molar-refractivity contribution in [2.75, 3.05) is 18.5 Å². The summed E-state index contributed by atoms with van der Waals surface area (Å²) < 4.78 is 26.9. The molecule has 0 bridgehead atoms. The van der Waals surface area contributed by atoms with Crippen molar-refractivity contribution in [1.29, 1.82) is 0 Å². The van der Waals surface area contributed by atoms with E-state index >= 15 is 0 Å². The van der Waals surface area contributed by atoms with E-state index in [1.807, 2.05) is 0 Å². The lowest BCUT2D eigenvalue weighted by Crippen LogP contribution is -2.35. The Labute approximate surface area is 118 Å². The van der Waals surface area contributed by atoms with Gasteiger partial charge in [0.2, 0.25) is 16.0 Å². The number of hydrazine groups is 1. The Bertz CT molecular complexity index is 552. The van der Waals surface area contributed by atoms with Crippen molar-refractivity contribution in [3.05, 3.63) is 12.4 Å². The molecule has 0 saturated heterocycles. The third-order valence-electron chi connectivity index (χ3n) is 3.71. The molecule has 1 aromatic rings. The molecule has 2 aliphatic carbocycles. The fourth-order valence-electron chi connectivity index (χ4n) is 2.12. The van der Waals surface area contributed by atoms with Gasteiger partial charge >= 0.3 is 0 Å². The SMILES string of the molecule is NNc1ncc(S(=O)(=O)N(CC2CC2)CC2CC2)cn1. The van der Waals surface area contributed by atoms with E-state index < -0.39 is 10.0 Å². The zero-order valence-electron chi connectivity index (χ0n) is 11.2. The molecule has 0 spiro atoms. The predicted molar refractivity (Wildman–Crippen MR) is 74.0 cm³/mol. The van der Waals surface area contributed by atoms with Crippen molar-refractivity contribution >= 4 is 16.0 Å². The first-order valence-electron chi connectivity index (χ1n) is 6.88. The van der Waals surface area contributed by atoms with Crippen LogP contribution in [0.1, 0.15) is 25.7 Å². The molecular weight excluding hydrogens is 278 g/mol. The Morgan fingerprint density at radius 3 is 2.05 bits per heavy atom. The first-order chi connectivity index (χ1) is 9.59. The second-order valence-corrected chi connectivity index (χ2v) is 7.53. The van der Waals surface area contributed by atoms with Gasteiger partial charge in [-0.15, -0.1) is 0 Å². The lowest BCUT2D eigenvalue weighted by molar-refractivity contribution is 0.382. The van der Waals surface area contributed by atoms with E-state index in [2.05, 4.69) is 15.4 Å². The van der Waals surface area contributed by atoms with Gasteiger partial charge in [-0.3, -0.25) is 5.43 Å². The maximum Gasteiger partial charge on any atom is 0.246 e. The molecule has 1 heterocycles. The molecule has 3 rings (SSSR count). The summed E-state index contributed by atoms with van der Waals surface area (Å²) in [6.45, 7) is 1.24. The monoisotopic (exact) mass is 297 g/mol. The minimum Gasteiger partial charge on any atom is -0.292 e.